The number of aliphatic hydroxyl groups is 1. The third-order valence-corrected chi connectivity index (χ3v) is 7.94. The Labute approximate surface area is 216 Å². The van der Waals surface area contributed by atoms with E-state index >= 15 is 0 Å². The summed E-state index contributed by atoms with van der Waals surface area (Å²) in [6.07, 6.45) is -5.09. The Hall–Kier alpha value is -3.14. The Balaban J connectivity index is 2.46. The molecule has 0 bridgehead atoms. The van der Waals surface area contributed by atoms with Crippen LogP contribution in [0.15, 0.2) is 12.1 Å². The van der Waals surface area contributed by atoms with E-state index in [0.717, 1.165) is 5.56 Å². The fourth-order valence-electron chi connectivity index (χ4n) is 6.43. The molecular formula is C27H36O10. The van der Waals surface area contributed by atoms with E-state index in [1.165, 1.54) is 34.8 Å². The second-order valence-corrected chi connectivity index (χ2v) is 10.6. The van der Waals surface area contributed by atoms with E-state index in [0.29, 0.717) is 5.56 Å². The van der Waals surface area contributed by atoms with Crippen molar-refractivity contribution >= 4 is 23.9 Å². The van der Waals surface area contributed by atoms with E-state index in [2.05, 4.69) is 0 Å². The predicted molar refractivity (Wildman–Crippen MR) is 129 cm³/mol. The maximum Gasteiger partial charge on any atom is 0.315 e. The summed E-state index contributed by atoms with van der Waals surface area (Å²) in [5, 5.41) is 23.0. The Bertz CT molecular complexity index is 1110. The zero-order chi connectivity index (χ0) is 28.0. The van der Waals surface area contributed by atoms with Crippen LogP contribution in [0.2, 0.25) is 0 Å². The van der Waals surface area contributed by atoms with Crippen LogP contribution in [-0.4, -0.2) is 59.5 Å². The molecule has 0 radical (unpaired) electrons. The first-order valence-electron chi connectivity index (χ1n) is 12.3. The van der Waals surface area contributed by atoms with Gasteiger partial charge in [0.1, 0.15) is 35.6 Å². The van der Waals surface area contributed by atoms with E-state index in [1.807, 2.05) is 13.8 Å². The van der Waals surface area contributed by atoms with Crippen molar-refractivity contribution in [1.29, 1.82) is 0 Å². The minimum Gasteiger partial charge on any atom is -0.508 e. The summed E-state index contributed by atoms with van der Waals surface area (Å²) in [7, 11) is 1.17. The molecule has 2 N–H and O–H groups in total. The van der Waals surface area contributed by atoms with Crippen LogP contribution in [0.3, 0.4) is 0 Å². The van der Waals surface area contributed by atoms with Crippen LogP contribution in [0.1, 0.15) is 83.6 Å². The molecule has 2 aliphatic rings. The number of methoxy groups -OCH3 is 1. The van der Waals surface area contributed by atoms with Crippen molar-refractivity contribution in [3.8, 4) is 5.75 Å². The van der Waals surface area contributed by atoms with E-state index in [9.17, 15) is 29.4 Å². The molecule has 0 aliphatic heterocycles. The molecule has 1 aromatic carbocycles. The number of carbonyl (C=O) groups excluding carboxylic acids is 4. The number of hydrogen-bond acceptors (Lipinski definition) is 10. The molecular weight excluding hydrogens is 484 g/mol. The van der Waals surface area contributed by atoms with Gasteiger partial charge in [-0.1, -0.05) is 26.8 Å². The Morgan fingerprint density at radius 3 is 1.97 bits per heavy atom. The minimum absolute atomic E-state index is 0.00888. The summed E-state index contributed by atoms with van der Waals surface area (Å²) in [5.74, 6) is -4.13. The summed E-state index contributed by atoms with van der Waals surface area (Å²) >= 11 is 0. The number of aromatic hydroxyl groups is 1. The molecule has 7 atom stereocenters. The fourth-order valence-corrected chi connectivity index (χ4v) is 6.43. The highest BCUT2D eigenvalue weighted by Crippen LogP contribution is 2.63. The molecule has 0 saturated heterocycles. The summed E-state index contributed by atoms with van der Waals surface area (Å²) in [6, 6.07) is 3.30. The SMILES string of the molecule is COC(=O)[C@]1(C)[C@@H](OC(C)=O)C[C@@H](OC(C)=O)[C@@]2(C)c3c(O)cc(C(C)C)cc3[C@@H](O)[C@@H](OC(C)=O)[C@@H]12. The molecule has 0 spiro atoms. The molecule has 1 fully saturated rings. The standard InChI is InChI=1S/C27H36O10/c1-12(2)16-9-17-21(18(31)10-16)26(6)19(35-13(3)28)11-20(36-14(4)29)27(7,25(33)34-8)24(26)23(22(17)32)37-15(5)30/h9-10,12,19-20,22-24,31-32H,11H2,1-8H3/t19-,20+,22-,23-,24-,26+,27-/m1/s1. The highest BCUT2D eigenvalue weighted by molar-refractivity contribution is 5.80. The van der Waals surface area contributed by atoms with Crippen molar-refractivity contribution in [2.24, 2.45) is 11.3 Å². The van der Waals surface area contributed by atoms with Gasteiger partial charge in [0.15, 0.2) is 0 Å². The molecule has 0 aromatic heterocycles. The second-order valence-electron chi connectivity index (χ2n) is 10.6. The number of phenolic OH excluding ortho intramolecular Hbond substituents is 1. The third kappa shape index (κ3) is 4.56. The summed E-state index contributed by atoms with van der Waals surface area (Å²) in [5.41, 5.74) is -1.76. The maximum atomic E-state index is 13.5. The van der Waals surface area contributed by atoms with Gasteiger partial charge in [0.05, 0.1) is 7.11 Å². The Morgan fingerprint density at radius 1 is 0.946 bits per heavy atom. The normalized spacial score (nSPS) is 32.5. The number of benzene rings is 1. The predicted octanol–water partition coefficient (Wildman–Crippen LogP) is 2.81. The van der Waals surface area contributed by atoms with Gasteiger partial charge in [0.25, 0.3) is 0 Å². The number of esters is 4. The summed E-state index contributed by atoms with van der Waals surface area (Å²) in [6.45, 7) is 10.6. The fraction of sp³-hybridized carbons (Fsp3) is 0.630. The number of phenols is 1. The summed E-state index contributed by atoms with van der Waals surface area (Å²) < 4.78 is 22.1. The van der Waals surface area contributed by atoms with Crippen LogP contribution in [0.25, 0.3) is 0 Å². The van der Waals surface area contributed by atoms with Gasteiger partial charge in [0.2, 0.25) is 0 Å². The number of ether oxygens (including phenoxy) is 4. The molecule has 37 heavy (non-hydrogen) atoms. The van der Waals surface area contributed by atoms with Crippen molar-refractivity contribution in [3.05, 3.63) is 28.8 Å². The van der Waals surface area contributed by atoms with Gasteiger partial charge in [-0.3, -0.25) is 19.2 Å². The zero-order valence-electron chi connectivity index (χ0n) is 22.5. The lowest BCUT2D eigenvalue weighted by atomic mass is 9.46. The van der Waals surface area contributed by atoms with Gasteiger partial charge in [-0.2, -0.15) is 0 Å². The Morgan fingerprint density at radius 2 is 1.49 bits per heavy atom. The monoisotopic (exact) mass is 520 g/mol. The number of carbonyl (C=O) groups is 4. The van der Waals surface area contributed by atoms with Gasteiger partial charge in [0, 0.05) is 44.1 Å². The van der Waals surface area contributed by atoms with Crippen molar-refractivity contribution in [3.63, 3.8) is 0 Å². The first-order chi connectivity index (χ1) is 17.1. The average Bonchev–Trinajstić information content (AvgIpc) is 2.78. The highest BCUT2D eigenvalue weighted by atomic mass is 16.6. The van der Waals surface area contributed by atoms with Crippen LogP contribution >= 0.6 is 0 Å². The molecule has 0 unspecified atom stereocenters. The van der Waals surface area contributed by atoms with Crippen molar-refractivity contribution < 1.29 is 48.3 Å². The van der Waals surface area contributed by atoms with Crippen LogP contribution in [0.5, 0.6) is 5.75 Å². The van der Waals surface area contributed by atoms with Crippen LogP contribution < -0.4 is 0 Å². The largest absolute Gasteiger partial charge is 0.508 e. The van der Waals surface area contributed by atoms with Crippen molar-refractivity contribution in [2.75, 3.05) is 7.11 Å². The molecule has 10 heteroatoms. The first-order valence-corrected chi connectivity index (χ1v) is 12.3. The number of fused-ring (bicyclic) bond motifs is 3. The van der Waals surface area contributed by atoms with Gasteiger partial charge < -0.3 is 29.2 Å². The second kappa shape index (κ2) is 9.96. The lowest BCUT2D eigenvalue weighted by Crippen LogP contribution is -2.70. The van der Waals surface area contributed by atoms with E-state index < -0.39 is 65.0 Å². The average molecular weight is 521 g/mol. The van der Waals surface area contributed by atoms with E-state index in [4.69, 9.17) is 18.9 Å². The number of hydrogen-bond donors (Lipinski definition) is 2. The summed E-state index contributed by atoms with van der Waals surface area (Å²) in [4.78, 5) is 50.1. The molecule has 10 nitrogen and oxygen atoms in total. The molecule has 2 aliphatic carbocycles. The molecule has 0 amide bonds. The number of aliphatic hydroxyl groups excluding tert-OH is 1. The third-order valence-electron chi connectivity index (χ3n) is 7.94. The Kier molecular flexibility index (Phi) is 7.66. The quantitative estimate of drug-likeness (QED) is 0.439. The van der Waals surface area contributed by atoms with E-state index in [-0.39, 0.29) is 23.7 Å². The van der Waals surface area contributed by atoms with Gasteiger partial charge in [-0.15, -0.1) is 0 Å². The zero-order valence-corrected chi connectivity index (χ0v) is 22.5. The van der Waals surface area contributed by atoms with Crippen molar-refractivity contribution in [2.45, 2.75) is 90.6 Å². The maximum absolute atomic E-state index is 13.5. The van der Waals surface area contributed by atoms with Gasteiger partial charge in [-0.25, -0.2) is 0 Å². The lowest BCUT2D eigenvalue weighted by molar-refractivity contribution is -0.229. The van der Waals surface area contributed by atoms with Crippen LogP contribution in [-0.2, 0) is 43.5 Å². The van der Waals surface area contributed by atoms with Gasteiger partial charge >= 0.3 is 23.9 Å². The topological polar surface area (TPSA) is 146 Å². The molecule has 0 heterocycles. The lowest BCUT2D eigenvalue weighted by Gasteiger charge is -2.61. The number of rotatable bonds is 5. The highest BCUT2D eigenvalue weighted by Gasteiger charge is 2.71. The van der Waals surface area contributed by atoms with Gasteiger partial charge in [-0.05, 0) is 30.0 Å². The first kappa shape index (κ1) is 28.4. The van der Waals surface area contributed by atoms with Crippen LogP contribution in [0.4, 0.5) is 0 Å². The minimum atomic E-state index is -1.67. The smallest absolute Gasteiger partial charge is 0.315 e. The molecule has 3 rings (SSSR count). The molecule has 1 aromatic rings. The van der Waals surface area contributed by atoms with Crippen molar-refractivity contribution in [1.82, 2.24) is 0 Å². The molecule has 204 valence electrons. The van der Waals surface area contributed by atoms with E-state index in [1.54, 1.807) is 19.1 Å². The molecule has 1 saturated carbocycles. The van der Waals surface area contributed by atoms with Crippen LogP contribution in [0, 0.1) is 11.3 Å².